The first-order valence-corrected chi connectivity index (χ1v) is 12.5. The number of aromatic nitrogens is 3. The first-order valence-electron chi connectivity index (χ1n) is 11.8. The average Bonchev–Trinajstić information content (AvgIpc) is 2.84. The molecule has 3 aromatic rings. The minimum atomic E-state index is -0.313. The van der Waals surface area contributed by atoms with Crippen LogP contribution < -0.4 is 20.3 Å². The van der Waals surface area contributed by atoms with E-state index in [0.29, 0.717) is 53.7 Å². The van der Waals surface area contributed by atoms with Gasteiger partial charge in [-0.05, 0) is 20.0 Å². The van der Waals surface area contributed by atoms with Crippen LogP contribution in [-0.2, 0) is 11.3 Å². The van der Waals surface area contributed by atoms with E-state index >= 15 is 0 Å². The van der Waals surface area contributed by atoms with Gasteiger partial charge in [-0.2, -0.15) is 4.98 Å². The van der Waals surface area contributed by atoms with Crippen LogP contribution in [0.3, 0.4) is 0 Å². The number of nitrogens with zero attached hydrogens (tertiary/aromatic N) is 5. The van der Waals surface area contributed by atoms with E-state index in [0.717, 1.165) is 0 Å². The van der Waals surface area contributed by atoms with E-state index in [9.17, 15) is 9.59 Å². The molecule has 1 aliphatic rings. The number of nitrogens with one attached hydrogen (secondary N) is 1. The van der Waals surface area contributed by atoms with E-state index in [1.54, 1.807) is 41.8 Å². The second-order valence-electron chi connectivity index (χ2n) is 9.07. The highest BCUT2D eigenvalue weighted by Crippen LogP contribution is 2.45. The van der Waals surface area contributed by atoms with E-state index in [2.05, 4.69) is 20.2 Å². The fourth-order valence-electron chi connectivity index (χ4n) is 4.47. The Bertz CT molecular complexity index is 1380. The number of halogens is 2. The van der Waals surface area contributed by atoms with Gasteiger partial charge in [0.25, 0.3) is 5.56 Å². The van der Waals surface area contributed by atoms with Crippen molar-refractivity contribution in [3.05, 3.63) is 38.7 Å². The lowest BCUT2D eigenvalue weighted by Gasteiger charge is -2.45. The van der Waals surface area contributed by atoms with Crippen LogP contribution in [0.5, 0.6) is 11.5 Å². The van der Waals surface area contributed by atoms with Crippen molar-refractivity contribution in [2.45, 2.75) is 32.5 Å². The standard InChI is InChI=1S/C25H30Cl2N6O4/c1-13(31(4)16-11-32(12-16)14(2)34)10-33-23-15(9-29-25(28-3)30-23)7-17(24(33)35)20-21(26)18(36-5)8-19(37-6)22(20)27/h7-9,13,16H,10-12H2,1-6H3,(H,28,29,30)/t13-/m1/s1. The largest absolute Gasteiger partial charge is 0.495 e. The minimum absolute atomic E-state index is 0.0472. The number of benzene rings is 1. The van der Waals surface area contributed by atoms with Gasteiger partial charge in [0.15, 0.2) is 0 Å². The number of rotatable bonds is 8. The normalized spacial score (nSPS) is 14.6. The molecule has 198 valence electrons. The summed E-state index contributed by atoms with van der Waals surface area (Å²) >= 11 is 13.3. The van der Waals surface area contributed by atoms with Gasteiger partial charge in [-0.3, -0.25) is 19.1 Å². The molecule has 0 spiro atoms. The molecule has 0 aliphatic carbocycles. The Morgan fingerprint density at radius 3 is 2.38 bits per heavy atom. The Hall–Kier alpha value is -3.08. The molecule has 0 bridgehead atoms. The van der Waals surface area contributed by atoms with Crippen LogP contribution >= 0.6 is 23.2 Å². The van der Waals surface area contributed by atoms with Crippen LogP contribution in [0.25, 0.3) is 22.2 Å². The molecule has 1 fully saturated rings. The lowest BCUT2D eigenvalue weighted by atomic mass is 10.0. The number of pyridine rings is 1. The van der Waals surface area contributed by atoms with Crippen LogP contribution in [0.4, 0.5) is 5.95 Å². The number of carbonyl (C=O) groups is 1. The highest BCUT2D eigenvalue weighted by atomic mass is 35.5. The molecule has 0 radical (unpaired) electrons. The number of likely N-dealkylation sites (tertiary alicyclic amines) is 1. The van der Waals surface area contributed by atoms with Gasteiger partial charge < -0.3 is 19.7 Å². The van der Waals surface area contributed by atoms with Crippen molar-refractivity contribution < 1.29 is 14.3 Å². The molecular formula is C25H30Cl2N6O4. The van der Waals surface area contributed by atoms with Gasteiger partial charge >= 0.3 is 0 Å². The number of hydrogen-bond donors (Lipinski definition) is 1. The molecule has 1 N–H and O–H groups in total. The van der Waals surface area contributed by atoms with Gasteiger partial charge in [-0.25, -0.2) is 4.98 Å². The van der Waals surface area contributed by atoms with Crippen molar-refractivity contribution in [1.29, 1.82) is 0 Å². The Morgan fingerprint density at radius 1 is 1.22 bits per heavy atom. The van der Waals surface area contributed by atoms with Gasteiger partial charge in [0, 0.05) is 68.9 Å². The number of hydrogen-bond acceptors (Lipinski definition) is 8. The summed E-state index contributed by atoms with van der Waals surface area (Å²) in [4.78, 5) is 38.6. The highest BCUT2D eigenvalue weighted by molar-refractivity contribution is 6.41. The number of anilines is 1. The topological polar surface area (TPSA) is 102 Å². The third kappa shape index (κ3) is 4.93. The second-order valence-corrected chi connectivity index (χ2v) is 9.83. The summed E-state index contributed by atoms with van der Waals surface area (Å²) in [5.41, 5.74) is 0.762. The molecule has 10 nitrogen and oxygen atoms in total. The molecule has 1 aliphatic heterocycles. The number of methoxy groups -OCH3 is 2. The summed E-state index contributed by atoms with van der Waals surface area (Å²) in [7, 11) is 6.68. The average molecular weight is 549 g/mol. The van der Waals surface area contributed by atoms with Crippen molar-refractivity contribution in [3.8, 4) is 22.6 Å². The maximum absolute atomic E-state index is 14.1. The van der Waals surface area contributed by atoms with Gasteiger partial charge in [0.2, 0.25) is 11.9 Å². The fourth-order valence-corrected chi connectivity index (χ4v) is 5.18. The molecule has 0 unspecified atom stereocenters. The van der Waals surface area contributed by atoms with E-state index in [1.807, 2.05) is 14.0 Å². The number of fused-ring (bicyclic) bond motifs is 1. The van der Waals surface area contributed by atoms with Crippen LogP contribution in [0.1, 0.15) is 13.8 Å². The third-order valence-electron chi connectivity index (χ3n) is 6.92. The van der Waals surface area contributed by atoms with Gasteiger partial charge in [0.1, 0.15) is 17.1 Å². The van der Waals surface area contributed by atoms with E-state index in [4.69, 9.17) is 32.7 Å². The van der Waals surface area contributed by atoms with Crippen LogP contribution in [0, 0.1) is 0 Å². The fraction of sp³-hybridized carbons (Fsp3) is 0.440. The van der Waals surface area contributed by atoms with Crippen LogP contribution in [0.15, 0.2) is 23.1 Å². The number of ether oxygens (including phenoxy) is 2. The Labute approximate surface area is 225 Å². The van der Waals surface area contributed by atoms with Crippen LogP contribution in [-0.4, -0.2) is 83.7 Å². The molecule has 2 aromatic heterocycles. The summed E-state index contributed by atoms with van der Waals surface area (Å²) in [5.74, 6) is 1.12. The molecule has 37 heavy (non-hydrogen) atoms. The van der Waals surface area contributed by atoms with Crippen molar-refractivity contribution in [2.75, 3.05) is 46.7 Å². The zero-order valence-corrected chi connectivity index (χ0v) is 23.1. The Balaban J connectivity index is 1.85. The molecule has 1 atom stereocenters. The molecular weight excluding hydrogens is 519 g/mol. The quantitative estimate of drug-likeness (QED) is 0.457. The van der Waals surface area contributed by atoms with Gasteiger partial charge in [-0.15, -0.1) is 0 Å². The molecule has 1 aromatic carbocycles. The molecule has 1 saturated heterocycles. The Kier molecular flexibility index (Phi) is 7.82. The monoisotopic (exact) mass is 548 g/mol. The Morgan fingerprint density at radius 2 is 1.84 bits per heavy atom. The van der Waals surface area contributed by atoms with Gasteiger partial charge in [0.05, 0.1) is 29.8 Å². The van der Waals surface area contributed by atoms with Crippen LogP contribution in [0.2, 0.25) is 10.0 Å². The number of amides is 1. The summed E-state index contributed by atoms with van der Waals surface area (Å²) in [6.45, 7) is 5.27. The maximum Gasteiger partial charge on any atom is 0.260 e. The maximum atomic E-state index is 14.1. The molecule has 4 rings (SSSR count). The zero-order valence-electron chi connectivity index (χ0n) is 21.6. The molecule has 3 heterocycles. The summed E-state index contributed by atoms with van der Waals surface area (Å²) in [5, 5.41) is 3.97. The first kappa shape index (κ1) is 27.0. The lowest BCUT2D eigenvalue weighted by molar-refractivity contribution is -0.136. The van der Waals surface area contributed by atoms with Crippen molar-refractivity contribution >= 4 is 46.1 Å². The lowest BCUT2D eigenvalue weighted by Crippen LogP contribution is -2.61. The smallest absolute Gasteiger partial charge is 0.260 e. The predicted molar refractivity (Wildman–Crippen MR) is 145 cm³/mol. The first-order chi connectivity index (χ1) is 17.6. The van der Waals surface area contributed by atoms with Crippen molar-refractivity contribution in [1.82, 2.24) is 24.3 Å². The second kappa shape index (κ2) is 10.7. The predicted octanol–water partition coefficient (Wildman–Crippen LogP) is 3.38. The van der Waals surface area contributed by atoms with Crippen molar-refractivity contribution in [2.24, 2.45) is 0 Å². The van der Waals surface area contributed by atoms with E-state index < -0.39 is 0 Å². The number of likely N-dealkylation sites (N-methyl/N-ethyl adjacent to an activating group) is 1. The molecule has 12 heteroatoms. The van der Waals surface area contributed by atoms with Crippen molar-refractivity contribution in [3.63, 3.8) is 0 Å². The minimum Gasteiger partial charge on any atom is -0.495 e. The molecule has 0 saturated carbocycles. The highest BCUT2D eigenvalue weighted by Gasteiger charge is 2.34. The van der Waals surface area contributed by atoms with E-state index in [-0.39, 0.29) is 39.2 Å². The van der Waals surface area contributed by atoms with E-state index in [1.165, 1.54) is 14.2 Å². The summed E-state index contributed by atoms with van der Waals surface area (Å²) in [6.07, 6.45) is 1.65. The zero-order chi connectivity index (χ0) is 27.0. The van der Waals surface area contributed by atoms with Gasteiger partial charge in [-0.1, -0.05) is 23.2 Å². The molecule has 1 amide bonds. The summed E-state index contributed by atoms with van der Waals surface area (Å²) in [6, 6.07) is 3.42. The number of carbonyl (C=O) groups excluding carboxylic acids is 1. The summed E-state index contributed by atoms with van der Waals surface area (Å²) < 4.78 is 12.4. The SMILES string of the molecule is CNc1ncc2cc(-c3c(Cl)c(OC)cc(OC)c3Cl)c(=O)n(C[C@@H](C)N(C)C3CN(C(C)=O)C3)c2n1. The third-order valence-corrected chi connectivity index (χ3v) is 7.67.